The zero-order valence-corrected chi connectivity index (χ0v) is 12.2. The molecule has 112 valence electrons. The summed E-state index contributed by atoms with van der Waals surface area (Å²) in [6, 6.07) is 0. The second-order valence-corrected chi connectivity index (χ2v) is 4.14. The minimum atomic E-state index is -0.332. The van der Waals surface area contributed by atoms with Gasteiger partial charge < -0.3 is 4.90 Å². The van der Waals surface area contributed by atoms with E-state index < -0.39 is 0 Å². The zero-order chi connectivity index (χ0) is 16.4. The molecule has 0 N–H and O–H groups in total. The molecule has 0 aromatic carbocycles. The van der Waals surface area contributed by atoms with E-state index in [1.54, 1.807) is 0 Å². The second kappa shape index (κ2) is 9.30. The summed E-state index contributed by atoms with van der Waals surface area (Å²) in [7, 11) is 0. The number of hydrogen-bond donors (Lipinski definition) is 0. The molecule has 0 bridgehead atoms. The Balaban J connectivity index is 4.61. The van der Waals surface area contributed by atoms with Crippen molar-refractivity contribution in [3.8, 4) is 0 Å². The number of hydrogen-bond acceptors (Lipinski definition) is 3. The van der Waals surface area contributed by atoms with Crippen LogP contribution in [0.4, 0.5) is 0 Å². The van der Waals surface area contributed by atoms with Gasteiger partial charge in [-0.3, -0.25) is 4.79 Å². The summed E-state index contributed by atoms with van der Waals surface area (Å²) in [5, 5.41) is 0. The Labute approximate surface area is 124 Å². The molecule has 0 aromatic heterocycles. The first kappa shape index (κ1) is 18.4. The first-order chi connectivity index (χ1) is 9.87. The second-order valence-electron chi connectivity index (χ2n) is 4.14. The number of carbonyl (C=O) groups is 3. The van der Waals surface area contributed by atoms with E-state index in [4.69, 9.17) is 0 Å². The maximum absolute atomic E-state index is 11.7. The quantitative estimate of drug-likeness (QED) is 0.337. The molecule has 0 aromatic rings. The van der Waals surface area contributed by atoms with Crippen LogP contribution in [0.25, 0.3) is 0 Å². The van der Waals surface area contributed by atoms with E-state index in [-0.39, 0.29) is 43.9 Å². The van der Waals surface area contributed by atoms with E-state index in [9.17, 15) is 14.4 Å². The first-order valence-corrected chi connectivity index (χ1v) is 6.27. The van der Waals surface area contributed by atoms with E-state index in [0.29, 0.717) is 0 Å². The minimum Gasteiger partial charge on any atom is -0.326 e. The molecule has 0 saturated carbocycles. The van der Waals surface area contributed by atoms with Gasteiger partial charge in [0.15, 0.2) is 13.1 Å². The third-order valence-electron chi connectivity index (χ3n) is 2.74. The maximum atomic E-state index is 11.7. The third-order valence-corrected chi connectivity index (χ3v) is 2.74. The summed E-state index contributed by atoms with van der Waals surface area (Å²) < 4.78 is 2.40. The van der Waals surface area contributed by atoms with Gasteiger partial charge in [-0.25, -0.2) is 9.59 Å². The Morgan fingerprint density at radius 1 is 0.810 bits per heavy atom. The fourth-order valence-electron chi connectivity index (χ4n) is 1.42. The van der Waals surface area contributed by atoms with Crippen molar-refractivity contribution in [2.75, 3.05) is 26.2 Å². The highest BCUT2D eigenvalue weighted by Crippen LogP contribution is 1.93. The summed E-state index contributed by atoms with van der Waals surface area (Å²) in [6.45, 7) is 18.3. The van der Waals surface area contributed by atoms with Gasteiger partial charge in [0.2, 0.25) is 5.91 Å². The van der Waals surface area contributed by atoms with Gasteiger partial charge in [0.1, 0.15) is 13.4 Å². The lowest BCUT2D eigenvalue weighted by molar-refractivity contribution is -0.441. The Bertz CT molecular complexity index is 470. The molecule has 6 heteroatoms. The molecule has 6 nitrogen and oxygen atoms in total. The molecule has 0 aliphatic carbocycles. The first-order valence-electron chi connectivity index (χ1n) is 6.27. The van der Waals surface area contributed by atoms with Crippen molar-refractivity contribution in [3.05, 3.63) is 38.0 Å². The van der Waals surface area contributed by atoms with Gasteiger partial charge in [0.25, 0.3) is 0 Å². The average molecular weight is 291 g/mol. The highest BCUT2D eigenvalue weighted by Gasteiger charge is 2.19. The third kappa shape index (κ3) is 6.38. The van der Waals surface area contributed by atoms with Crippen LogP contribution in [0.5, 0.6) is 0 Å². The van der Waals surface area contributed by atoms with E-state index in [2.05, 4.69) is 33.2 Å². The lowest BCUT2D eigenvalue weighted by Gasteiger charge is -2.18. The molecular weight excluding hydrogens is 270 g/mol. The van der Waals surface area contributed by atoms with Crippen molar-refractivity contribution >= 4 is 31.2 Å². The fraction of sp³-hybridized carbons (Fsp3) is 0.267. The van der Waals surface area contributed by atoms with Crippen LogP contribution >= 0.6 is 0 Å². The molecular formula is C15H21N3O3+2. The van der Waals surface area contributed by atoms with E-state index >= 15 is 0 Å². The van der Waals surface area contributed by atoms with Crippen LogP contribution in [0.1, 0.15) is 0 Å². The van der Waals surface area contributed by atoms with Gasteiger partial charge in [-0.15, -0.1) is 0 Å². The van der Waals surface area contributed by atoms with Crippen LogP contribution in [0.2, 0.25) is 0 Å². The monoisotopic (exact) mass is 291 g/mol. The number of carbonyl (C=O) groups excluding carboxylic acids is 3. The topological polar surface area (TPSA) is 60.5 Å². The summed E-state index contributed by atoms with van der Waals surface area (Å²) >= 11 is 0. The molecule has 0 spiro atoms. The van der Waals surface area contributed by atoms with Gasteiger partial charge in [-0.1, -0.05) is 19.7 Å². The van der Waals surface area contributed by atoms with Crippen LogP contribution in [-0.4, -0.2) is 71.4 Å². The molecule has 0 radical (unpaired) electrons. The molecule has 0 heterocycles. The Morgan fingerprint density at radius 3 is 1.48 bits per heavy atom. The van der Waals surface area contributed by atoms with Crippen molar-refractivity contribution in [1.82, 2.24) is 4.90 Å². The van der Waals surface area contributed by atoms with Crippen LogP contribution in [0.15, 0.2) is 38.0 Å². The van der Waals surface area contributed by atoms with Crippen molar-refractivity contribution in [2.24, 2.45) is 0 Å². The predicted molar refractivity (Wildman–Crippen MR) is 81.7 cm³/mol. The SMILES string of the molecule is C=CC(=O)N(CC[N+](=C)C(=O)C=C)CC[N+](=C)C(=O)C=C. The summed E-state index contributed by atoms with van der Waals surface area (Å²) in [4.78, 5) is 35.8. The molecule has 0 aliphatic rings. The highest BCUT2D eigenvalue weighted by atomic mass is 16.2. The van der Waals surface area contributed by atoms with E-state index in [0.717, 1.165) is 12.2 Å². The highest BCUT2D eigenvalue weighted by molar-refractivity contribution is 5.87. The Hall–Kier alpha value is -2.63. The van der Waals surface area contributed by atoms with Gasteiger partial charge in [0.05, 0.1) is 13.1 Å². The van der Waals surface area contributed by atoms with Gasteiger partial charge in [-0.2, -0.15) is 9.15 Å². The summed E-state index contributed by atoms with van der Waals surface area (Å²) in [5.74, 6) is -0.961. The van der Waals surface area contributed by atoms with E-state index in [1.165, 1.54) is 20.1 Å². The van der Waals surface area contributed by atoms with Gasteiger partial charge in [0, 0.05) is 12.2 Å². The lowest BCUT2D eigenvalue weighted by atomic mass is 10.4. The molecule has 0 fully saturated rings. The average Bonchev–Trinajstić information content (AvgIpc) is 2.51. The largest absolute Gasteiger partial charge is 0.411 e. The number of nitrogens with zero attached hydrogens (tertiary/aromatic N) is 3. The van der Waals surface area contributed by atoms with Gasteiger partial charge >= 0.3 is 11.8 Å². The molecule has 0 atom stereocenters. The van der Waals surface area contributed by atoms with Crippen molar-refractivity contribution in [2.45, 2.75) is 0 Å². The van der Waals surface area contributed by atoms with E-state index in [1.807, 2.05) is 0 Å². The molecule has 21 heavy (non-hydrogen) atoms. The van der Waals surface area contributed by atoms with Crippen molar-refractivity contribution in [1.29, 1.82) is 0 Å². The standard InChI is InChI=1S/C15H21N3O3/c1-6-13(19)16(4)9-11-18(15(21)8-3)12-10-17(5)14(20)7-2/h6-8H,1-5,9-12H2/q+2. The Kier molecular flexibility index (Phi) is 8.14. The zero-order valence-electron chi connectivity index (χ0n) is 12.2. The summed E-state index contributed by atoms with van der Waals surface area (Å²) in [5.41, 5.74) is 0. The van der Waals surface area contributed by atoms with Crippen LogP contribution < -0.4 is 0 Å². The summed E-state index contributed by atoms with van der Waals surface area (Å²) in [6.07, 6.45) is 3.46. The smallest absolute Gasteiger partial charge is 0.326 e. The Morgan fingerprint density at radius 2 is 1.19 bits per heavy atom. The maximum Gasteiger partial charge on any atom is 0.411 e. The molecule has 0 rings (SSSR count). The molecule has 0 unspecified atom stereocenters. The van der Waals surface area contributed by atoms with Gasteiger partial charge in [-0.05, 0) is 6.08 Å². The molecule has 0 aliphatic heterocycles. The number of amides is 3. The van der Waals surface area contributed by atoms with Crippen molar-refractivity contribution < 1.29 is 23.5 Å². The van der Waals surface area contributed by atoms with Crippen molar-refractivity contribution in [3.63, 3.8) is 0 Å². The lowest BCUT2D eigenvalue weighted by Crippen LogP contribution is -2.39. The molecule has 3 amide bonds. The molecule has 0 saturated heterocycles. The minimum absolute atomic E-state index is 0.247. The number of rotatable bonds is 9. The van der Waals surface area contributed by atoms with Crippen LogP contribution in [0, 0.1) is 0 Å². The van der Waals surface area contributed by atoms with Crippen LogP contribution in [-0.2, 0) is 14.4 Å². The fourth-order valence-corrected chi connectivity index (χ4v) is 1.42. The normalized spacial score (nSPS) is 9.33. The van der Waals surface area contributed by atoms with Crippen LogP contribution in [0.3, 0.4) is 0 Å². The predicted octanol–water partition coefficient (Wildman–Crippen LogP) is -0.148.